The molecule has 0 saturated carbocycles. The van der Waals surface area contributed by atoms with E-state index in [-0.39, 0.29) is 24.0 Å². The Morgan fingerprint density at radius 2 is 1.78 bits per heavy atom. The molecule has 1 aliphatic rings. The summed E-state index contributed by atoms with van der Waals surface area (Å²) in [6.07, 6.45) is 1.12. The maximum atomic E-state index is 13.7. The zero-order chi connectivity index (χ0) is 18.8. The van der Waals surface area contributed by atoms with Crippen molar-refractivity contribution in [1.29, 1.82) is 0 Å². The fraction of sp³-hybridized carbons (Fsp3) is 0.0556. The summed E-state index contributed by atoms with van der Waals surface area (Å²) >= 11 is 0. The Kier molecular flexibility index (Phi) is 4.25. The van der Waals surface area contributed by atoms with Crippen molar-refractivity contribution in [3.8, 4) is 11.5 Å². The van der Waals surface area contributed by atoms with Crippen LogP contribution in [-0.2, 0) is 0 Å². The van der Waals surface area contributed by atoms with Gasteiger partial charge >= 0.3 is 0 Å². The molecule has 3 aromatic rings. The van der Waals surface area contributed by atoms with Crippen LogP contribution >= 0.6 is 0 Å². The van der Waals surface area contributed by atoms with Crippen molar-refractivity contribution in [3.05, 3.63) is 66.1 Å². The number of hydrogen-bond acceptors (Lipinski definition) is 6. The number of benzene rings is 2. The van der Waals surface area contributed by atoms with Gasteiger partial charge in [0.15, 0.2) is 11.5 Å². The Morgan fingerprint density at radius 3 is 2.59 bits per heavy atom. The molecule has 1 amide bonds. The first-order valence-electron chi connectivity index (χ1n) is 7.84. The minimum atomic E-state index is -0.778. The molecule has 0 bridgehead atoms. The van der Waals surface area contributed by atoms with E-state index in [1.807, 2.05) is 0 Å². The largest absolute Gasteiger partial charge is 0.454 e. The molecule has 0 fully saturated rings. The Hall–Kier alpha value is -3.75. The van der Waals surface area contributed by atoms with Crippen LogP contribution in [0, 0.1) is 11.6 Å². The summed E-state index contributed by atoms with van der Waals surface area (Å²) < 4.78 is 38.0. The van der Waals surface area contributed by atoms with Gasteiger partial charge in [0.1, 0.15) is 35.2 Å². The number of anilines is 3. The lowest BCUT2D eigenvalue weighted by atomic mass is 10.2. The molecule has 1 aromatic heterocycles. The number of hydrogen-bond donors (Lipinski definition) is 2. The fourth-order valence-corrected chi connectivity index (χ4v) is 2.46. The highest BCUT2D eigenvalue weighted by atomic mass is 19.1. The van der Waals surface area contributed by atoms with Gasteiger partial charge in [-0.05, 0) is 24.3 Å². The number of fused-ring (bicyclic) bond motifs is 1. The van der Waals surface area contributed by atoms with Crippen LogP contribution in [0.1, 0.15) is 10.5 Å². The third kappa shape index (κ3) is 3.47. The zero-order valence-electron chi connectivity index (χ0n) is 13.7. The predicted molar refractivity (Wildman–Crippen MR) is 92.2 cm³/mol. The van der Waals surface area contributed by atoms with Crippen molar-refractivity contribution >= 4 is 23.1 Å². The third-order valence-electron chi connectivity index (χ3n) is 3.75. The minimum Gasteiger partial charge on any atom is -0.454 e. The minimum absolute atomic E-state index is 0.0157. The average Bonchev–Trinajstić information content (AvgIpc) is 3.13. The highest BCUT2D eigenvalue weighted by Crippen LogP contribution is 2.34. The van der Waals surface area contributed by atoms with Gasteiger partial charge < -0.3 is 20.1 Å². The summed E-state index contributed by atoms with van der Waals surface area (Å²) in [5.41, 5.74) is 0.137. The van der Waals surface area contributed by atoms with E-state index in [1.165, 1.54) is 12.1 Å². The van der Waals surface area contributed by atoms with Crippen molar-refractivity contribution in [2.75, 3.05) is 17.4 Å². The quantitative estimate of drug-likeness (QED) is 0.731. The Morgan fingerprint density at radius 1 is 1.00 bits per heavy atom. The lowest BCUT2D eigenvalue weighted by Gasteiger charge is -2.09. The summed E-state index contributed by atoms with van der Waals surface area (Å²) in [7, 11) is 0. The van der Waals surface area contributed by atoms with Gasteiger partial charge in [0, 0.05) is 17.8 Å². The lowest BCUT2D eigenvalue weighted by Crippen LogP contribution is -2.14. The molecule has 9 heteroatoms. The Bertz CT molecular complexity index is 1010. The number of carbonyl (C=O) groups is 1. The molecule has 7 nitrogen and oxygen atoms in total. The van der Waals surface area contributed by atoms with Crippen LogP contribution in [0.5, 0.6) is 11.5 Å². The SMILES string of the molecule is O=C(Nc1ccc2c(c1)OCO2)c1cc(Nc2c(F)cccc2F)ncn1. The second-order valence-electron chi connectivity index (χ2n) is 5.53. The topological polar surface area (TPSA) is 85.4 Å². The second kappa shape index (κ2) is 6.87. The van der Waals surface area contributed by atoms with Gasteiger partial charge in [-0.15, -0.1) is 0 Å². The highest BCUT2D eigenvalue weighted by Gasteiger charge is 2.16. The number of ether oxygens (including phenoxy) is 2. The maximum absolute atomic E-state index is 13.7. The standard InChI is InChI=1S/C18H12F2N4O3/c19-11-2-1-3-12(20)17(11)24-16-7-13(21-8-22-16)18(25)23-10-4-5-14-15(6-10)27-9-26-14/h1-8H,9H2,(H,23,25)(H,21,22,24). The van der Waals surface area contributed by atoms with Crippen molar-refractivity contribution in [1.82, 2.24) is 9.97 Å². The molecule has 0 atom stereocenters. The van der Waals surface area contributed by atoms with E-state index < -0.39 is 17.5 Å². The van der Waals surface area contributed by atoms with E-state index in [1.54, 1.807) is 18.2 Å². The number of aromatic nitrogens is 2. The predicted octanol–water partition coefficient (Wildman–Crippen LogP) is 3.48. The molecule has 0 aliphatic carbocycles. The van der Waals surface area contributed by atoms with Gasteiger partial charge in [-0.2, -0.15) is 0 Å². The van der Waals surface area contributed by atoms with Crippen LogP contribution in [0.4, 0.5) is 26.0 Å². The van der Waals surface area contributed by atoms with Crippen LogP contribution in [-0.4, -0.2) is 22.7 Å². The van der Waals surface area contributed by atoms with Crippen molar-refractivity contribution in [2.45, 2.75) is 0 Å². The van der Waals surface area contributed by atoms with Crippen LogP contribution in [0.3, 0.4) is 0 Å². The first-order valence-corrected chi connectivity index (χ1v) is 7.84. The van der Waals surface area contributed by atoms with Crippen molar-refractivity contribution in [2.24, 2.45) is 0 Å². The normalized spacial score (nSPS) is 11.9. The lowest BCUT2D eigenvalue weighted by molar-refractivity contribution is 0.102. The zero-order valence-corrected chi connectivity index (χ0v) is 13.7. The van der Waals surface area contributed by atoms with Gasteiger partial charge in [-0.1, -0.05) is 6.07 Å². The molecule has 0 radical (unpaired) electrons. The molecular formula is C18H12F2N4O3. The maximum Gasteiger partial charge on any atom is 0.274 e. The molecule has 0 saturated heterocycles. The summed E-state index contributed by atoms with van der Waals surface area (Å²) in [5, 5.41) is 5.18. The van der Waals surface area contributed by atoms with Gasteiger partial charge in [-0.25, -0.2) is 18.7 Å². The Labute approximate surface area is 152 Å². The van der Waals surface area contributed by atoms with E-state index in [4.69, 9.17) is 9.47 Å². The number of halogens is 2. The molecule has 1 aliphatic heterocycles. The summed E-state index contributed by atoms with van der Waals surface area (Å²) in [6.45, 7) is 0.125. The third-order valence-corrected chi connectivity index (χ3v) is 3.75. The van der Waals surface area contributed by atoms with Crippen LogP contribution in [0.25, 0.3) is 0 Å². The summed E-state index contributed by atoms with van der Waals surface area (Å²) in [5.74, 6) is -0.889. The molecule has 27 heavy (non-hydrogen) atoms. The molecule has 4 rings (SSSR count). The first-order chi connectivity index (χ1) is 13.1. The van der Waals surface area contributed by atoms with Gasteiger partial charge in [0.25, 0.3) is 5.91 Å². The van der Waals surface area contributed by atoms with Crippen molar-refractivity contribution in [3.63, 3.8) is 0 Å². The first kappa shape index (κ1) is 16.7. The number of amides is 1. The number of carbonyl (C=O) groups excluding carboxylic acids is 1. The monoisotopic (exact) mass is 370 g/mol. The average molecular weight is 370 g/mol. The molecule has 0 spiro atoms. The van der Waals surface area contributed by atoms with Gasteiger partial charge in [0.2, 0.25) is 6.79 Å². The van der Waals surface area contributed by atoms with Crippen LogP contribution in [0.15, 0.2) is 48.8 Å². The summed E-state index contributed by atoms with van der Waals surface area (Å²) in [4.78, 5) is 20.2. The molecule has 2 N–H and O–H groups in total. The van der Waals surface area contributed by atoms with Crippen LogP contribution < -0.4 is 20.1 Å². The highest BCUT2D eigenvalue weighted by molar-refractivity contribution is 6.03. The molecule has 0 unspecified atom stereocenters. The molecular weight excluding hydrogens is 358 g/mol. The number of nitrogens with zero attached hydrogens (tertiary/aromatic N) is 2. The summed E-state index contributed by atoms with van der Waals surface area (Å²) in [6, 6.07) is 9.70. The van der Waals surface area contributed by atoms with E-state index in [2.05, 4.69) is 20.6 Å². The fourth-order valence-electron chi connectivity index (χ4n) is 2.46. The van der Waals surface area contributed by atoms with E-state index in [0.717, 1.165) is 18.5 Å². The Balaban J connectivity index is 1.52. The number of para-hydroxylation sites is 1. The van der Waals surface area contributed by atoms with Crippen molar-refractivity contribution < 1.29 is 23.0 Å². The number of nitrogens with one attached hydrogen (secondary N) is 2. The smallest absolute Gasteiger partial charge is 0.274 e. The molecule has 136 valence electrons. The van der Waals surface area contributed by atoms with E-state index in [0.29, 0.717) is 17.2 Å². The van der Waals surface area contributed by atoms with Gasteiger partial charge in [-0.3, -0.25) is 4.79 Å². The van der Waals surface area contributed by atoms with E-state index >= 15 is 0 Å². The van der Waals surface area contributed by atoms with E-state index in [9.17, 15) is 13.6 Å². The number of rotatable bonds is 4. The van der Waals surface area contributed by atoms with Crippen LogP contribution in [0.2, 0.25) is 0 Å². The second-order valence-corrected chi connectivity index (χ2v) is 5.53. The molecule has 2 aromatic carbocycles. The molecule has 2 heterocycles. The van der Waals surface area contributed by atoms with Gasteiger partial charge in [0.05, 0.1) is 0 Å².